The van der Waals surface area contributed by atoms with Crippen LogP contribution in [0, 0.1) is 5.82 Å². The van der Waals surface area contributed by atoms with Crippen molar-refractivity contribution >= 4 is 11.3 Å². The van der Waals surface area contributed by atoms with E-state index in [9.17, 15) is 4.39 Å². The van der Waals surface area contributed by atoms with Crippen LogP contribution in [0.2, 0.25) is 0 Å². The molecule has 0 saturated carbocycles. The minimum atomic E-state index is -0.231. The van der Waals surface area contributed by atoms with Crippen molar-refractivity contribution in [1.82, 2.24) is 19.4 Å². The van der Waals surface area contributed by atoms with Gasteiger partial charge in [0.2, 0.25) is 0 Å². The van der Waals surface area contributed by atoms with Crippen LogP contribution in [0.15, 0.2) is 42.0 Å². The summed E-state index contributed by atoms with van der Waals surface area (Å²) < 4.78 is 21.3. The monoisotopic (exact) mass is 412 g/mol. The Kier molecular flexibility index (Phi) is 5.44. The fraction of sp³-hybridized carbons (Fsp3) is 0.455. The van der Waals surface area contributed by atoms with Crippen molar-refractivity contribution < 1.29 is 9.13 Å². The summed E-state index contributed by atoms with van der Waals surface area (Å²) in [6.45, 7) is 4.19. The lowest BCUT2D eigenvalue weighted by Crippen LogP contribution is -2.39. The normalized spacial score (nSPS) is 21.1. The molecule has 2 aromatic heterocycles. The second kappa shape index (κ2) is 8.34. The number of likely N-dealkylation sites (tertiary alicyclic amines) is 1. The van der Waals surface area contributed by atoms with E-state index in [4.69, 9.17) is 9.72 Å². The second-order valence-corrected chi connectivity index (χ2v) is 8.73. The van der Waals surface area contributed by atoms with Gasteiger partial charge in [0, 0.05) is 55.6 Å². The van der Waals surface area contributed by atoms with Gasteiger partial charge in [0.05, 0.1) is 11.8 Å². The first-order chi connectivity index (χ1) is 14.3. The Morgan fingerprint density at radius 3 is 2.72 bits per heavy atom. The third-order valence-electron chi connectivity index (χ3n) is 5.94. The van der Waals surface area contributed by atoms with E-state index < -0.39 is 0 Å². The molecular formula is C22H25FN4OS. The van der Waals surface area contributed by atoms with Crippen molar-refractivity contribution in [2.24, 2.45) is 0 Å². The van der Waals surface area contributed by atoms with Gasteiger partial charge < -0.3 is 14.2 Å². The Hall–Kier alpha value is -2.09. The number of benzene rings is 1. The van der Waals surface area contributed by atoms with Gasteiger partial charge in [-0.25, -0.2) is 14.4 Å². The average Bonchev–Trinajstić information content (AvgIpc) is 3.50. The molecule has 5 nitrogen and oxygen atoms in total. The molecule has 4 heterocycles. The third kappa shape index (κ3) is 4.13. The first kappa shape index (κ1) is 18.9. The number of aromatic nitrogens is 3. The number of piperidine rings is 1. The third-order valence-corrected chi connectivity index (χ3v) is 6.78. The quantitative estimate of drug-likeness (QED) is 0.613. The van der Waals surface area contributed by atoms with Crippen LogP contribution in [0.1, 0.15) is 31.7 Å². The Labute approximate surface area is 174 Å². The number of thiazole rings is 1. The van der Waals surface area contributed by atoms with E-state index in [1.807, 2.05) is 11.6 Å². The highest BCUT2D eigenvalue weighted by Gasteiger charge is 2.26. The van der Waals surface area contributed by atoms with Gasteiger partial charge in [-0.2, -0.15) is 0 Å². The Morgan fingerprint density at radius 1 is 1.14 bits per heavy atom. The zero-order valence-corrected chi connectivity index (χ0v) is 17.2. The minimum absolute atomic E-state index is 0.231. The first-order valence-corrected chi connectivity index (χ1v) is 11.2. The molecule has 0 N–H and O–H groups in total. The zero-order chi connectivity index (χ0) is 19.6. The summed E-state index contributed by atoms with van der Waals surface area (Å²) >= 11 is 1.59. The molecule has 2 saturated heterocycles. The number of halogens is 1. The standard InChI is InChI=1S/C22H25FN4OS/c23-17-5-3-16(4-6-17)20-15-29-22(25-20)21-24-9-12-27(21)18-7-10-26(11-8-18)14-19-2-1-13-28-19/h3-6,9,12,15,18-19H,1-2,7-8,10-11,13-14H2. The molecular weight excluding hydrogens is 387 g/mol. The van der Waals surface area contributed by atoms with Crippen LogP contribution < -0.4 is 0 Å². The lowest BCUT2D eigenvalue weighted by Gasteiger charge is -2.34. The Bertz CT molecular complexity index is 940. The predicted molar refractivity (Wildman–Crippen MR) is 112 cm³/mol. The molecule has 1 aromatic carbocycles. The minimum Gasteiger partial charge on any atom is -0.377 e. The van der Waals surface area contributed by atoms with Gasteiger partial charge in [0.15, 0.2) is 10.8 Å². The van der Waals surface area contributed by atoms with Gasteiger partial charge in [-0.3, -0.25) is 0 Å². The second-order valence-electron chi connectivity index (χ2n) is 7.87. The molecule has 2 aliphatic heterocycles. The van der Waals surface area contributed by atoms with E-state index in [1.165, 1.54) is 25.0 Å². The van der Waals surface area contributed by atoms with E-state index in [0.29, 0.717) is 12.1 Å². The van der Waals surface area contributed by atoms with Gasteiger partial charge >= 0.3 is 0 Å². The lowest BCUT2D eigenvalue weighted by molar-refractivity contribution is 0.0608. The van der Waals surface area contributed by atoms with Gasteiger partial charge in [0.25, 0.3) is 0 Å². The Morgan fingerprint density at radius 2 is 1.97 bits per heavy atom. The fourth-order valence-electron chi connectivity index (χ4n) is 4.36. The highest BCUT2D eigenvalue weighted by atomic mass is 32.1. The first-order valence-electron chi connectivity index (χ1n) is 10.3. The summed E-state index contributed by atoms with van der Waals surface area (Å²) in [5.41, 5.74) is 1.79. The average molecular weight is 413 g/mol. The topological polar surface area (TPSA) is 43.2 Å². The largest absolute Gasteiger partial charge is 0.377 e. The molecule has 3 aromatic rings. The predicted octanol–water partition coefficient (Wildman–Crippen LogP) is 4.63. The van der Waals surface area contributed by atoms with E-state index in [-0.39, 0.29) is 5.82 Å². The highest BCUT2D eigenvalue weighted by Crippen LogP contribution is 2.32. The number of ether oxygens (including phenoxy) is 1. The molecule has 2 aliphatic rings. The SMILES string of the molecule is Fc1ccc(-c2csc(-c3nccn3C3CCN(CC4CCCO4)CC3)n2)cc1. The van der Waals surface area contributed by atoms with E-state index in [1.54, 1.807) is 23.5 Å². The van der Waals surface area contributed by atoms with Crippen molar-refractivity contribution in [3.63, 3.8) is 0 Å². The van der Waals surface area contributed by atoms with Gasteiger partial charge in [-0.1, -0.05) is 0 Å². The molecule has 152 valence electrons. The summed E-state index contributed by atoms with van der Waals surface area (Å²) in [6.07, 6.45) is 9.01. The van der Waals surface area contributed by atoms with Crippen molar-refractivity contribution in [2.75, 3.05) is 26.2 Å². The lowest BCUT2D eigenvalue weighted by atomic mass is 10.0. The van der Waals surface area contributed by atoms with Gasteiger partial charge in [0.1, 0.15) is 5.82 Å². The summed E-state index contributed by atoms with van der Waals surface area (Å²) in [6, 6.07) is 6.93. The summed E-state index contributed by atoms with van der Waals surface area (Å²) in [5, 5.41) is 2.93. The summed E-state index contributed by atoms with van der Waals surface area (Å²) in [4.78, 5) is 11.9. The molecule has 7 heteroatoms. The van der Waals surface area contributed by atoms with Crippen LogP contribution in [0.5, 0.6) is 0 Å². The molecule has 0 bridgehead atoms. The molecule has 0 radical (unpaired) electrons. The number of imidazole rings is 1. The maximum absolute atomic E-state index is 13.2. The fourth-order valence-corrected chi connectivity index (χ4v) is 5.19. The maximum atomic E-state index is 13.2. The number of hydrogen-bond donors (Lipinski definition) is 0. The molecule has 29 heavy (non-hydrogen) atoms. The van der Waals surface area contributed by atoms with Crippen LogP contribution in [0.3, 0.4) is 0 Å². The zero-order valence-electron chi connectivity index (χ0n) is 16.3. The van der Waals surface area contributed by atoms with Crippen LogP contribution in [0.4, 0.5) is 4.39 Å². The van der Waals surface area contributed by atoms with E-state index in [0.717, 1.165) is 61.2 Å². The number of nitrogens with zero attached hydrogens (tertiary/aromatic N) is 4. The molecule has 1 unspecified atom stereocenters. The smallest absolute Gasteiger partial charge is 0.169 e. The summed E-state index contributed by atoms with van der Waals surface area (Å²) in [7, 11) is 0. The number of hydrogen-bond acceptors (Lipinski definition) is 5. The number of rotatable bonds is 5. The van der Waals surface area contributed by atoms with E-state index >= 15 is 0 Å². The molecule has 0 aliphatic carbocycles. The van der Waals surface area contributed by atoms with Crippen LogP contribution in [-0.2, 0) is 4.74 Å². The van der Waals surface area contributed by atoms with Gasteiger partial charge in [-0.15, -0.1) is 11.3 Å². The van der Waals surface area contributed by atoms with Crippen LogP contribution in [-0.4, -0.2) is 51.8 Å². The van der Waals surface area contributed by atoms with Crippen molar-refractivity contribution in [3.05, 3.63) is 47.9 Å². The van der Waals surface area contributed by atoms with Crippen molar-refractivity contribution in [2.45, 2.75) is 37.8 Å². The highest BCUT2D eigenvalue weighted by molar-refractivity contribution is 7.13. The molecule has 0 spiro atoms. The molecule has 5 rings (SSSR count). The molecule has 1 atom stereocenters. The Balaban J connectivity index is 1.27. The summed E-state index contributed by atoms with van der Waals surface area (Å²) in [5.74, 6) is 0.700. The molecule has 2 fully saturated rings. The van der Waals surface area contributed by atoms with Crippen molar-refractivity contribution in [1.29, 1.82) is 0 Å². The van der Waals surface area contributed by atoms with Crippen LogP contribution >= 0.6 is 11.3 Å². The molecule has 0 amide bonds. The van der Waals surface area contributed by atoms with Gasteiger partial charge in [-0.05, 0) is 49.9 Å². The van der Waals surface area contributed by atoms with E-state index in [2.05, 4.69) is 20.6 Å². The van der Waals surface area contributed by atoms with Crippen LogP contribution in [0.25, 0.3) is 22.1 Å². The maximum Gasteiger partial charge on any atom is 0.169 e. The van der Waals surface area contributed by atoms with Crippen molar-refractivity contribution in [3.8, 4) is 22.1 Å².